The molecule has 0 aliphatic heterocycles. The Morgan fingerprint density at radius 2 is 1.82 bits per heavy atom. The van der Waals surface area contributed by atoms with Gasteiger partial charge < -0.3 is 4.74 Å². The second-order valence-corrected chi connectivity index (χ2v) is 5.39. The number of nitrogens with zero attached hydrogens (tertiary/aromatic N) is 1. The summed E-state index contributed by atoms with van der Waals surface area (Å²) in [6.07, 6.45) is 0.326. The third-order valence-electron chi connectivity index (χ3n) is 3.09. The van der Waals surface area contributed by atoms with Gasteiger partial charge in [-0.05, 0) is 37.0 Å². The van der Waals surface area contributed by atoms with E-state index in [0.29, 0.717) is 12.2 Å². The van der Waals surface area contributed by atoms with E-state index >= 15 is 0 Å². The molecule has 2 aromatic carbocycles. The van der Waals surface area contributed by atoms with Crippen molar-refractivity contribution in [3.63, 3.8) is 0 Å². The van der Waals surface area contributed by atoms with Gasteiger partial charge in [0.15, 0.2) is 0 Å². The predicted octanol–water partition coefficient (Wildman–Crippen LogP) is 3.34. The first kappa shape index (κ1) is 15.9. The zero-order chi connectivity index (χ0) is 15.9. The van der Waals surface area contributed by atoms with Gasteiger partial charge in [-0.1, -0.05) is 52.4 Å². The fourth-order valence-electron chi connectivity index (χ4n) is 2.10. The fourth-order valence-corrected chi connectivity index (χ4v) is 2.26. The zero-order valence-electron chi connectivity index (χ0n) is 12.0. The fraction of sp³-hybridized carbons (Fsp3) is 0.188. The maximum Gasteiger partial charge on any atom is 0.454 e. The molecule has 0 saturated heterocycles. The Bertz CT molecular complexity index is 790. The molecule has 0 N–H and O–H groups in total. The minimum absolute atomic E-state index is 0.334. The van der Waals surface area contributed by atoms with Crippen molar-refractivity contribution in [1.82, 2.24) is 0 Å². The summed E-state index contributed by atoms with van der Waals surface area (Å²) in [5.41, 5.74) is 3.04. The van der Waals surface area contributed by atoms with Crippen molar-refractivity contribution in [2.75, 3.05) is 0 Å². The molecule has 22 heavy (non-hydrogen) atoms. The van der Waals surface area contributed by atoms with Crippen LogP contribution in [-0.4, -0.2) is 14.5 Å². The molecule has 0 saturated carbocycles. The van der Waals surface area contributed by atoms with E-state index in [1.54, 1.807) is 12.1 Å². The van der Waals surface area contributed by atoms with E-state index in [4.69, 9.17) is 4.74 Å². The first-order valence-corrected chi connectivity index (χ1v) is 7.74. The quantitative estimate of drug-likeness (QED) is 0.867. The van der Waals surface area contributed by atoms with Crippen LogP contribution in [0.3, 0.4) is 0 Å². The molecule has 0 spiro atoms. The molecule has 0 fully saturated rings. The van der Waals surface area contributed by atoms with Gasteiger partial charge in [0.1, 0.15) is 5.75 Å². The monoisotopic (exact) mass is 317 g/mol. The summed E-state index contributed by atoms with van der Waals surface area (Å²) >= 11 is 0. The SMILES string of the molecule is Cc1ccc(OC(=O)N=S(=O)=O)c(CCc2ccccc2)c1. The van der Waals surface area contributed by atoms with Crippen LogP contribution in [0.5, 0.6) is 5.75 Å². The average molecular weight is 317 g/mol. The first-order chi connectivity index (χ1) is 10.5. The molecule has 0 bridgehead atoms. The highest BCUT2D eigenvalue weighted by Gasteiger charge is 2.09. The highest BCUT2D eigenvalue weighted by Crippen LogP contribution is 2.22. The summed E-state index contributed by atoms with van der Waals surface area (Å²) in [6.45, 7) is 1.94. The molecule has 0 aromatic heterocycles. The molecule has 2 aromatic rings. The number of carbonyl (C=O) groups is 1. The van der Waals surface area contributed by atoms with E-state index in [1.807, 2.05) is 43.3 Å². The molecule has 0 heterocycles. The number of amides is 1. The van der Waals surface area contributed by atoms with Crippen molar-refractivity contribution >= 4 is 16.6 Å². The van der Waals surface area contributed by atoms with E-state index in [-0.39, 0.29) is 0 Å². The molecule has 0 aliphatic rings. The lowest BCUT2D eigenvalue weighted by atomic mass is 10.0. The summed E-state index contributed by atoms with van der Waals surface area (Å²) in [6, 6.07) is 15.3. The highest BCUT2D eigenvalue weighted by atomic mass is 32.2. The number of rotatable bonds is 4. The Kier molecular flexibility index (Phi) is 5.43. The van der Waals surface area contributed by atoms with Gasteiger partial charge in [-0.2, -0.15) is 8.42 Å². The van der Waals surface area contributed by atoms with Crippen LogP contribution in [0.2, 0.25) is 0 Å². The second kappa shape index (κ2) is 7.51. The number of carbonyl (C=O) groups excluding carboxylic acids is 1. The molecule has 5 nitrogen and oxygen atoms in total. The van der Waals surface area contributed by atoms with Crippen molar-refractivity contribution in [2.45, 2.75) is 19.8 Å². The van der Waals surface area contributed by atoms with Gasteiger partial charge in [-0.25, -0.2) is 4.79 Å². The molecule has 6 heteroatoms. The molecule has 114 valence electrons. The van der Waals surface area contributed by atoms with Crippen molar-refractivity contribution in [1.29, 1.82) is 0 Å². The van der Waals surface area contributed by atoms with Crippen molar-refractivity contribution in [3.8, 4) is 5.75 Å². The maximum atomic E-state index is 11.4. The van der Waals surface area contributed by atoms with E-state index in [2.05, 4.69) is 4.36 Å². The van der Waals surface area contributed by atoms with Crippen LogP contribution in [0.1, 0.15) is 16.7 Å². The van der Waals surface area contributed by atoms with Crippen LogP contribution in [0.25, 0.3) is 0 Å². The largest absolute Gasteiger partial charge is 0.454 e. The number of ether oxygens (including phenoxy) is 1. The topological polar surface area (TPSA) is 72.8 Å². The van der Waals surface area contributed by atoms with Crippen LogP contribution in [0, 0.1) is 6.92 Å². The molecule has 2 rings (SSSR count). The standard InChI is InChI=1S/C16H15NO4S/c1-12-7-10-15(21-16(18)17-22(19)20)14(11-12)9-8-13-5-3-2-4-6-13/h2-7,10-11H,8-9H2,1H3. The predicted molar refractivity (Wildman–Crippen MR) is 82.4 cm³/mol. The van der Waals surface area contributed by atoms with E-state index in [1.165, 1.54) is 5.56 Å². The minimum atomic E-state index is -2.81. The van der Waals surface area contributed by atoms with Crippen LogP contribution < -0.4 is 4.74 Å². The van der Waals surface area contributed by atoms with Crippen molar-refractivity contribution < 1.29 is 17.9 Å². The third-order valence-corrected chi connectivity index (χ3v) is 3.39. The number of hydrogen-bond donors (Lipinski definition) is 0. The third kappa shape index (κ3) is 4.82. The minimum Gasteiger partial charge on any atom is -0.408 e. The Morgan fingerprint density at radius 3 is 2.50 bits per heavy atom. The molecule has 0 atom stereocenters. The lowest BCUT2D eigenvalue weighted by molar-refractivity contribution is 0.211. The Balaban J connectivity index is 2.17. The van der Waals surface area contributed by atoms with Crippen LogP contribution >= 0.6 is 0 Å². The number of benzene rings is 2. The first-order valence-electron chi connectivity index (χ1n) is 6.71. The van der Waals surface area contributed by atoms with E-state index in [9.17, 15) is 13.2 Å². The van der Waals surface area contributed by atoms with Gasteiger partial charge in [0, 0.05) is 0 Å². The van der Waals surface area contributed by atoms with Gasteiger partial charge >= 0.3 is 16.6 Å². The number of aryl methyl sites for hydroxylation is 3. The molecule has 0 aliphatic carbocycles. The lowest BCUT2D eigenvalue weighted by Crippen LogP contribution is -2.05. The van der Waals surface area contributed by atoms with Gasteiger partial charge in [0.05, 0.1) is 0 Å². The molecular formula is C16H15NO4S. The van der Waals surface area contributed by atoms with Gasteiger partial charge in [-0.15, -0.1) is 0 Å². The normalized spacial score (nSPS) is 10.0. The van der Waals surface area contributed by atoms with E-state index in [0.717, 1.165) is 17.5 Å². The Hall–Kier alpha value is -2.47. The smallest absolute Gasteiger partial charge is 0.408 e. The average Bonchev–Trinajstić information content (AvgIpc) is 2.48. The number of hydrogen-bond acceptors (Lipinski definition) is 4. The molecule has 0 radical (unpaired) electrons. The Morgan fingerprint density at radius 1 is 1.09 bits per heavy atom. The van der Waals surface area contributed by atoms with Gasteiger partial charge in [0.25, 0.3) is 0 Å². The molecule has 1 amide bonds. The van der Waals surface area contributed by atoms with Crippen molar-refractivity contribution in [2.24, 2.45) is 4.36 Å². The summed E-state index contributed by atoms with van der Waals surface area (Å²) in [5, 5.41) is 0. The zero-order valence-corrected chi connectivity index (χ0v) is 12.8. The van der Waals surface area contributed by atoms with Crippen LogP contribution in [-0.2, 0) is 23.3 Å². The molecular weight excluding hydrogens is 302 g/mol. The maximum absolute atomic E-state index is 11.4. The molecule has 0 unspecified atom stereocenters. The van der Waals surface area contributed by atoms with Crippen LogP contribution in [0.4, 0.5) is 4.79 Å². The summed E-state index contributed by atoms with van der Waals surface area (Å²) < 4.78 is 28.6. The van der Waals surface area contributed by atoms with Crippen LogP contribution in [0.15, 0.2) is 52.9 Å². The van der Waals surface area contributed by atoms with Crippen molar-refractivity contribution in [3.05, 3.63) is 65.2 Å². The summed E-state index contributed by atoms with van der Waals surface area (Å²) in [5.74, 6) is 0.334. The highest BCUT2D eigenvalue weighted by molar-refractivity contribution is 7.62. The van der Waals surface area contributed by atoms with Gasteiger partial charge in [-0.3, -0.25) is 0 Å². The van der Waals surface area contributed by atoms with E-state index < -0.39 is 16.6 Å². The summed E-state index contributed by atoms with van der Waals surface area (Å²) in [7, 11) is -2.81. The second-order valence-electron chi connectivity index (χ2n) is 4.77. The van der Waals surface area contributed by atoms with Gasteiger partial charge in [0.2, 0.25) is 0 Å². The lowest BCUT2D eigenvalue weighted by Gasteiger charge is -2.09. The summed E-state index contributed by atoms with van der Waals surface area (Å²) in [4.78, 5) is 11.4. The Labute approximate surface area is 130 Å².